The average molecular weight is 248 g/mol. The number of nitrogens with two attached hydrogens (primary N) is 1. The van der Waals surface area contributed by atoms with Gasteiger partial charge in [-0.3, -0.25) is 14.6 Å². The second kappa shape index (κ2) is 4.49. The van der Waals surface area contributed by atoms with E-state index in [4.69, 9.17) is 5.73 Å². The van der Waals surface area contributed by atoms with Crippen molar-refractivity contribution in [3.05, 3.63) is 29.1 Å². The summed E-state index contributed by atoms with van der Waals surface area (Å²) in [7, 11) is 0. The number of aromatic nitrogens is 1. The Kier molecular flexibility index (Phi) is 3.17. The van der Waals surface area contributed by atoms with Gasteiger partial charge in [-0.15, -0.1) is 0 Å². The number of pyridine rings is 1. The summed E-state index contributed by atoms with van der Waals surface area (Å²) in [5.74, 6) is -0.359. The van der Waals surface area contributed by atoms with Gasteiger partial charge in [0.25, 0.3) is 5.91 Å². The number of aryl methyl sites for hydroxylation is 1. The maximum absolute atomic E-state index is 11.2. The molecule has 0 aliphatic heterocycles. The van der Waals surface area contributed by atoms with Crippen LogP contribution < -0.4 is 5.73 Å². The molecule has 0 saturated heterocycles. The van der Waals surface area contributed by atoms with Crippen LogP contribution in [-0.4, -0.2) is 21.8 Å². The molecule has 1 heterocycles. The molecule has 1 aromatic rings. The van der Waals surface area contributed by atoms with Crippen LogP contribution in [0.4, 0.5) is 0 Å². The van der Waals surface area contributed by atoms with Crippen LogP contribution in [0.3, 0.4) is 0 Å². The molecule has 0 bridgehead atoms. The fourth-order valence-corrected chi connectivity index (χ4v) is 2.28. The Balaban J connectivity index is 2.31. The molecule has 0 radical (unpaired) electrons. The van der Waals surface area contributed by atoms with Gasteiger partial charge in [0.05, 0.1) is 17.0 Å². The molecule has 1 amide bonds. The third-order valence-electron chi connectivity index (χ3n) is 3.46. The van der Waals surface area contributed by atoms with Crippen molar-refractivity contribution in [2.75, 3.05) is 0 Å². The molecule has 96 valence electrons. The molecule has 1 aliphatic rings. The topological polar surface area (TPSA) is 93.3 Å². The Morgan fingerprint density at radius 2 is 2.00 bits per heavy atom. The van der Waals surface area contributed by atoms with Crippen molar-refractivity contribution < 1.29 is 14.7 Å². The molecule has 5 nitrogen and oxygen atoms in total. The number of amides is 1. The van der Waals surface area contributed by atoms with Gasteiger partial charge in [0.15, 0.2) is 0 Å². The first-order valence-corrected chi connectivity index (χ1v) is 5.94. The second-order valence-corrected chi connectivity index (χ2v) is 4.76. The average Bonchev–Trinajstić information content (AvgIpc) is 2.32. The van der Waals surface area contributed by atoms with Crippen LogP contribution in [-0.2, 0) is 10.4 Å². The first-order valence-electron chi connectivity index (χ1n) is 5.94. The number of rotatable bonds is 2. The lowest BCUT2D eigenvalue weighted by Crippen LogP contribution is -2.33. The van der Waals surface area contributed by atoms with Crippen molar-refractivity contribution in [2.45, 2.75) is 38.2 Å². The number of ketones is 1. The highest BCUT2D eigenvalue weighted by Crippen LogP contribution is 2.34. The Hall–Kier alpha value is -1.75. The van der Waals surface area contributed by atoms with Gasteiger partial charge in [0, 0.05) is 12.8 Å². The fourth-order valence-electron chi connectivity index (χ4n) is 2.28. The summed E-state index contributed by atoms with van der Waals surface area (Å²) in [6.45, 7) is 1.68. The molecule has 0 spiro atoms. The summed E-state index contributed by atoms with van der Waals surface area (Å²) in [5.41, 5.74) is 5.52. The minimum Gasteiger partial charge on any atom is -0.384 e. The van der Waals surface area contributed by atoms with Gasteiger partial charge in [-0.25, -0.2) is 0 Å². The predicted molar refractivity (Wildman–Crippen MR) is 64.9 cm³/mol. The summed E-state index contributed by atoms with van der Waals surface area (Å²) < 4.78 is 0. The molecule has 18 heavy (non-hydrogen) atoms. The number of aliphatic hydroxyl groups is 1. The van der Waals surface area contributed by atoms with Crippen LogP contribution in [0.15, 0.2) is 12.1 Å². The first kappa shape index (κ1) is 12.7. The zero-order valence-corrected chi connectivity index (χ0v) is 10.3. The predicted octanol–water partition coefficient (Wildman–Crippen LogP) is 0.820. The van der Waals surface area contributed by atoms with Gasteiger partial charge in [-0.1, -0.05) is 0 Å². The molecule has 1 saturated carbocycles. The minimum atomic E-state index is -1.06. The maximum atomic E-state index is 11.2. The molecule has 0 aromatic carbocycles. The maximum Gasteiger partial charge on any atom is 0.250 e. The largest absolute Gasteiger partial charge is 0.384 e. The van der Waals surface area contributed by atoms with Crippen LogP contribution in [0.25, 0.3) is 0 Å². The van der Waals surface area contributed by atoms with E-state index in [2.05, 4.69) is 4.98 Å². The quantitative estimate of drug-likeness (QED) is 0.810. The van der Waals surface area contributed by atoms with E-state index < -0.39 is 11.5 Å². The van der Waals surface area contributed by atoms with Gasteiger partial charge < -0.3 is 10.8 Å². The van der Waals surface area contributed by atoms with E-state index in [0.29, 0.717) is 42.6 Å². The van der Waals surface area contributed by atoms with Crippen LogP contribution >= 0.6 is 0 Å². The zero-order chi connectivity index (χ0) is 13.3. The second-order valence-electron chi connectivity index (χ2n) is 4.76. The minimum absolute atomic E-state index is 0.171. The molecule has 0 atom stereocenters. The Labute approximate surface area is 105 Å². The Morgan fingerprint density at radius 3 is 2.50 bits per heavy atom. The third-order valence-corrected chi connectivity index (χ3v) is 3.46. The number of hydrogen-bond donors (Lipinski definition) is 2. The van der Waals surface area contributed by atoms with E-state index in [9.17, 15) is 14.7 Å². The number of Topliss-reactive ketones (excluding diaryl/α,β-unsaturated/α-hetero) is 1. The van der Waals surface area contributed by atoms with Crippen molar-refractivity contribution in [3.63, 3.8) is 0 Å². The van der Waals surface area contributed by atoms with Crippen LogP contribution in [0.1, 0.15) is 47.4 Å². The highest BCUT2D eigenvalue weighted by molar-refractivity contribution is 5.93. The standard InChI is InChI=1S/C13H16N2O3/c1-8-10(12(14)17)2-3-11(15-8)13(18)6-4-9(16)5-7-13/h2-3,18H,4-7H2,1H3,(H2,14,17). The first-order chi connectivity index (χ1) is 8.42. The van der Waals surface area contributed by atoms with E-state index in [1.807, 2.05) is 0 Å². The molecule has 1 fully saturated rings. The number of nitrogens with zero attached hydrogens (tertiary/aromatic N) is 1. The lowest BCUT2D eigenvalue weighted by Gasteiger charge is -2.31. The van der Waals surface area contributed by atoms with Gasteiger partial charge >= 0.3 is 0 Å². The highest BCUT2D eigenvalue weighted by Gasteiger charge is 2.35. The van der Waals surface area contributed by atoms with Gasteiger partial charge in [-0.2, -0.15) is 0 Å². The Bertz CT molecular complexity index is 501. The van der Waals surface area contributed by atoms with E-state index in [0.717, 1.165) is 0 Å². The van der Waals surface area contributed by atoms with E-state index >= 15 is 0 Å². The lowest BCUT2D eigenvalue weighted by molar-refractivity contribution is -0.125. The monoisotopic (exact) mass is 248 g/mol. The Morgan fingerprint density at radius 1 is 1.39 bits per heavy atom. The third kappa shape index (κ3) is 2.26. The number of hydrogen-bond acceptors (Lipinski definition) is 4. The number of carbonyl (C=O) groups excluding carboxylic acids is 2. The molecule has 0 unspecified atom stereocenters. The van der Waals surface area contributed by atoms with E-state index in [1.165, 1.54) is 0 Å². The number of primary amides is 1. The van der Waals surface area contributed by atoms with Gasteiger partial charge in [0.2, 0.25) is 0 Å². The molecule has 1 aliphatic carbocycles. The van der Waals surface area contributed by atoms with Crippen LogP contribution in [0, 0.1) is 6.92 Å². The van der Waals surface area contributed by atoms with E-state index in [1.54, 1.807) is 19.1 Å². The SMILES string of the molecule is Cc1nc(C2(O)CCC(=O)CC2)ccc1C(N)=O. The molecule has 3 N–H and O–H groups in total. The summed E-state index contributed by atoms with van der Waals surface area (Å²) in [5, 5.41) is 10.5. The normalized spacial score (nSPS) is 18.7. The smallest absolute Gasteiger partial charge is 0.250 e. The van der Waals surface area contributed by atoms with Crippen LogP contribution in [0.5, 0.6) is 0 Å². The van der Waals surface area contributed by atoms with Crippen LogP contribution in [0.2, 0.25) is 0 Å². The molecule has 2 rings (SSSR count). The zero-order valence-electron chi connectivity index (χ0n) is 10.3. The lowest BCUT2D eigenvalue weighted by atomic mass is 9.81. The van der Waals surface area contributed by atoms with Crippen molar-refractivity contribution in [3.8, 4) is 0 Å². The van der Waals surface area contributed by atoms with Crippen molar-refractivity contribution in [2.24, 2.45) is 5.73 Å². The molecule has 1 aromatic heterocycles. The molecular formula is C13H16N2O3. The van der Waals surface area contributed by atoms with E-state index in [-0.39, 0.29) is 5.78 Å². The molecule has 5 heteroatoms. The summed E-state index contributed by atoms with van der Waals surface area (Å²) in [6.07, 6.45) is 1.51. The van der Waals surface area contributed by atoms with Crippen molar-refractivity contribution in [1.82, 2.24) is 4.98 Å². The van der Waals surface area contributed by atoms with Crippen molar-refractivity contribution >= 4 is 11.7 Å². The summed E-state index contributed by atoms with van der Waals surface area (Å²) in [4.78, 5) is 26.6. The highest BCUT2D eigenvalue weighted by atomic mass is 16.3. The van der Waals surface area contributed by atoms with Crippen molar-refractivity contribution in [1.29, 1.82) is 0 Å². The summed E-state index contributed by atoms with van der Waals surface area (Å²) in [6, 6.07) is 3.19. The summed E-state index contributed by atoms with van der Waals surface area (Å²) >= 11 is 0. The molecular weight excluding hydrogens is 232 g/mol. The van der Waals surface area contributed by atoms with Gasteiger partial charge in [0.1, 0.15) is 11.4 Å². The number of carbonyl (C=O) groups is 2. The fraction of sp³-hybridized carbons (Fsp3) is 0.462. The van der Waals surface area contributed by atoms with Gasteiger partial charge in [-0.05, 0) is 31.9 Å².